The molecular weight excluding hydrogens is 359 g/mol. The van der Waals surface area contributed by atoms with Crippen molar-refractivity contribution in [2.45, 2.75) is 38.4 Å². The van der Waals surface area contributed by atoms with Gasteiger partial charge in [0.25, 0.3) is 5.91 Å². The molecule has 1 aliphatic rings. The third kappa shape index (κ3) is 5.70. The monoisotopic (exact) mass is 386 g/mol. The molecule has 1 atom stereocenters. The Morgan fingerprint density at radius 2 is 1.71 bits per heavy atom. The van der Waals surface area contributed by atoms with E-state index in [1.54, 1.807) is 0 Å². The topological polar surface area (TPSA) is 50.8 Å². The first-order chi connectivity index (χ1) is 13.5. The van der Waals surface area contributed by atoms with Crippen LogP contribution in [0, 0.1) is 5.82 Å². The number of rotatable bonds is 7. The third-order valence-electron chi connectivity index (χ3n) is 4.85. The van der Waals surface area contributed by atoms with Gasteiger partial charge in [-0.1, -0.05) is 6.92 Å². The van der Waals surface area contributed by atoms with E-state index in [0.717, 1.165) is 31.7 Å². The summed E-state index contributed by atoms with van der Waals surface area (Å²) in [4.78, 5) is 14.8. The smallest absolute Gasteiger partial charge is 0.265 e. The Labute approximate surface area is 165 Å². The average molecular weight is 386 g/mol. The normalized spacial score (nSPS) is 16.4. The summed E-state index contributed by atoms with van der Waals surface area (Å²) in [6.07, 6.45) is 2.13. The summed E-state index contributed by atoms with van der Waals surface area (Å²) in [7, 11) is 2.12. The first-order valence-electron chi connectivity index (χ1n) is 9.72. The molecule has 28 heavy (non-hydrogen) atoms. The number of nitrogens with zero attached hydrogens (tertiary/aromatic N) is 1. The predicted octanol–water partition coefficient (Wildman–Crippen LogP) is 4.09. The Kier molecular flexibility index (Phi) is 6.87. The van der Waals surface area contributed by atoms with Gasteiger partial charge in [0.05, 0.1) is 0 Å². The number of carbonyl (C=O) groups excluding carboxylic acids is 1. The quantitative estimate of drug-likeness (QED) is 0.779. The van der Waals surface area contributed by atoms with Gasteiger partial charge >= 0.3 is 0 Å². The van der Waals surface area contributed by atoms with E-state index in [0.29, 0.717) is 17.9 Å². The second kappa shape index (κ2) is 9.55. The zero-order valence-electron chi connectivity index (χ0n) is 16.4. The molecule has 6 heteroatoms. The highest BCUT2D eigenvalue weighted by Crippen LogP contribution is 2.21. The minimum absolute atomic E-state index is 0.240. The van der Waals surface area contributed by atoms with E-state index in [4.69, 9.17) is 9.47 Å². The van der Waals surface area contributed by atoms with Crippen LogP contribution in [-0.4, -0.2) is 43.2 Å². The number of nitrogens with one attached hydrogen (secondary N) is 1. The first-order valence-corrected chi connectivity index (χ1v) is 9.72. The van der Waals surface area contributed by atoms with E-state index in [1.807, 2.05) is 31.2 Å². The van der Waals surface area contributed by atoms with Crippen LogP contribution in [0.1, 0.15) is 26.2 Å². The van der Waals surface area contributed by atoms with Crippen LogP contribution in [0.4, 0.5) is 10.1 Å². The molecule has 2 aromatic carbocycles. The second-order valence-corrected chi connectivity index (χ2v) is 7.10. The van der Waals surface area contributed by atoms with Crippen LogP contribution >= 0.6 is 0 Å². The standard InChI is InChI=1S/C22H27FN2O3/c1-3-21(28-19-8-4-16(23)5-9-19)22(26)24-17-6-10-18(11-7-17)27-20-12-14-25(2)15-13-20/h4-11,20-21H,3,12-15H2,1-2H3,(H,24,26)/t21-/m0/s1. The number of hydrogen-bond acceptors (Lipinski definition) is 4. The van der Waals surface area contributed by atoms with Gasteiger partial charge in [0.15, 0.2) is 6.10 Å². The van der Waals surface area contributed by atoms with Crippen LogP contribution in [0.5, 0.6) is 11.5 Å². The van der Waals surface area contributed by atoms with E-state index in [1.165, 1.54) is 24.3 Å². The van der Waals surface area contributed by atoms with E-state index in [-0.39, 0.29) is 17.8 Å². The van der Waals surface area contributed by atoms with E-state index < -0.39 is 6.10 Å². The highest BCUT2D eigenvalue weighted by Gasteiger charge is 2.20. The summed E-state index contributed by atoms with van der Waals surface area (Å²) >= 11 is 0. The van der Waals surface area contributed by atoms with Crippen molar-refractivity contribution in [3.63, 3.8) is 0 Å². The molecule has 1 aliphatic heterocycles. The summed E-state index contributed by atoms with van der Waals surface area (Å²) in [6, 6.07) is 13.0. The van der Waals surface area contributed by atoms with Gasteiger partial charge in [0.2, 0.25) is 0 Å². The number of anilines is 1. The predicted molar refractivity (Wildman–Crippen MR) is 107 cm³/mol. The Morgan fingerprint density at radius 3 is 2.32 bits per heavy atom. The van der Waals surface area contributed by atoms with Crippen molar-refractivity contribution in [2.75, 3.05) is 25.5 Å². The van der Waals surface area contributed by atoms with E-state index >= 15 is 0 Å². The molecule has 2 aromatic rings. The molecule has 3 rings (SSSR count). The molecule has 0 aromatic heterocycles. The molecule has 150 valence electrons. The highest BCUT2D eigenvalue weighted by molar-refractivity contribution is 5.94. The Bertz CT molecular complexity index is 756. The minimum Gasteiger partial charge on any atom is -0.490 e. The van der Waals surface area contributed by atoms with Gasteiger partial charge < -0.3 is 19.7 Å². The lowest BCUT2D eigenvalue weighted by Gasteiger charge is -2.29. The van der Waals surface area contributed by atoms with Crippen LogP contribution in [0.15, 0.2) is 48.5 Å². The van der Waals surface area contributed by atoms with E-state index in [2.05, 4.69) is 17.3 Å². The third-order valence-corrected chi connectivity index (χ3v) is 4.85. The average Bonchev–Trinajstić information content (AvgIpc) is 2.70. The highest BCUT2D eigenvalue weighted by atomic mass is 19.1. The van der Waals surface area contributed by atoms with Gasteiger partial charge in [-0.25, -0.2) is 4.39 Å². The zero-order valence-corrected chi connectivity index (χ0v) is 16.4. The van der Waals surface area contributed by atoms with Crippen LogP contribution in [0.25, 0.3) is 0 Å². The van der Waals surface area contributed by atoms with Crippen molar-refractivity contribution >= 4 is 11.6 Å². The summed E-state index contributed by atoms with van der Waals surface area (Å²) in [5, 5.41) is 2.86. The fourth-order valence-corrected chi connectivity index (χ4v) is 3.13. The molecule has 1 heterocycles. The van der Waals surface area contributed by atoms with E-state index in [9.17, 15) is 9.18 Å². The lowest BCUT2D eigenvalue weighted by molar-refractivity contribution is -0.122. The molecule has 0 bridgehead atoms. The number of halogens is 1. The minimum atomic E-state index is -0.652. The number of carbonyl (C=O) groups is 1. The molecule has 1 saturated heterocycles. The van der Waals surface area contributed by atoms with Crippen molar-refractivity contribution < 1.29 is 18.7 Å². The lowest BCUT2D eigenvalue weighted by Crippen LogP contribution is -2.35. The molecule has 0 spiro atoms. The van der Waals surface area contributed by atoms with Crippen molar-refractivity contribution in [3.05, 3.63) is 54.3 Å². The molecule has 1 N–H and O–H groups in total. The molecule has 1 amide bonds. The second-order valence-electron chi connectivity index (χ2n) is 7.10. The number of likely N-dealkylation sites (tertiary alicyclic amines) is 1. The fraction of sp³-hybridized carbons (Fsp3) is 0.409. The Hall–Kier alpha value is -2.60. The molecule has 1 fully saturated rings. The number of piperidine rings is 1. The van der Waals surface area contributed by atoms with Gasteiger partial charge in [0, 0.05) is 18.8 Å². The largest absolute Gasteiger partial charge is 0.490 e. The van der Waals surface area contributed by atoms with Crippen LogP contribution < -0.4 is 14.8 Å². The molecule has 0 radical (unpaired) electrons. The lowest BCUT2D eigenvalue weighted by atomic mass is 10.1. The molecule has 0 aliphatic carbocycles. The molecule has 0 saturated carbocycles. The van der Waals surface area contributed by atoms with Crippen LogP contribution in [0.3, 0.4) is 0 Å². The zero-order chi connectivity index (χ0) is 19.9. The number of ether oxygens (including phenoxy) is 2. The maximum Gasteiger partial charge on any atom is 0.265 e. The van der Waals surface area contributed by atoms with Crippen LogP contribution in [0.2, 0.25) is 0 Å². The molecule has 5 nitrogen and oxygen atoms in total. The first kappa shape index (κ1) is 20.1. The van der Waals surface area contributed by atoms with Crippen molar-refractivity contribution in [3.8, 4) is 11.5 Å². The SMILES string of the molecule is CC[C@H](Oc1ccc(F)cc1)C(=O)Nc1ccc(OC2CCN(C)CC2)cc1. The van der Waals surface area contributed by atoms with Crippen molar-refractivity contribution in [2.24, 2.45) is 0 Å². The van der Waals surface area contributed by atoms with Crippen molar-refractivity contribution in [1.29, 1.82) is 0 Å². The fourth-order valence-electron chi connectivity index (χ4n) is 3.13. The number of hydrogen-bond donors (Lipinski definition) is 1. The van der Waals surface area contributed by atoms with Gasteiger partial charge in [-0.3, -0.25) is 4.79 Å². The molecular formula is C22H27FN2O3. The molecule has 0 unspecified atom stereocenters. The number of amides is 1. The van der Waals surface area contributed by atoms with Crippen molar-refractivity contribution in [1.82, 2.24) is 4.90 Å². The maximum absolute atomic E-state index is 13.0. The van der Waals surface area contributed by atoms with Gasteiger partial charge in [-0.15, -0.1) is 0 Å². The summed E-state index contributed by atoms with van der Waals surface area (Å²) in [5.74, 6) is 0.690. The maximum atomic E-state index is 13.0. The van der Waals surface area contributed by atoms with Gasteiger partial charge in [-0.2, -0.15) is 0 Å². The summed E-state index contributed by atoms with van der Waals surface area (Å²) in [5.41, 5.74) is 0.682. The van der Waals surface area contributed by atoms with Gasteiger partial charge in [0.1, 0.15) is 23.4 Å². The van der Waals surface area contributed by atoms with Crippen LogP contribution in [-0.2, 0) is 4.79 Å². The summed E-state index contributed by atoms with van der Waals surface area (Å²) < 4.78 is 24.7. The summed E-state index contributed by atoms with van der Waals surface area (Å²) in [6.45, 7) is 3.96. The number of benzene rings is 2. The Morgan fingerprint density at radius 1 is 1.11 bits per heavy atom. The van der Waals surface area contributed by atoms with Gasteiger partial charge in [-0.05, 0) is 74.8 Å². The Balaban J connectivity index is 1.53.